The summed E-state index contributed by atoms with van der Waals surface area (Å²) in [4.78, 5) is 27.4. The summed E-state index contributed by atoms with van der Waals surface area (Å²) in [6.07, 6.45) is -0.723. The Kier molecular flexibility index (Phi) is 6.71. The number of carbonyl (C=O) groups is 2. The van der Waals surface area contributed by atoms with Crippen LogP contribution in [0.2, 0.25) is 0 Å². The summed E-state index contributed by atoms with van der Waals surface area (Å²) in [6.45, 7) is 0.461. The fraction of sp³-hybridized carbons (Fsp3) is 0.190. The van der Waals surface area contributed by atoms with Crippen LogP contribution in [0.5, 0.6) is 0 Å². The lowest BCUT2D eigenvalue weighted by Gasteiger charge is -2.11. The maximum absolute atomic E-state index is 14.7. The Labute approximate surface area is 179 Å². The molecule has 31 heavy (non-hydrogen) atoms. The number of aliphatic hydroxyl groups excluding tert-OH is 1. The monoisotopic (exact) mass is 449 g/mol. The van der Waals surface area contributed by atoms with E-state index in [2.05, 4.69) is 10.3 Å². The van der Waals surface area contributed by atoms with Crippen molar-refractivity contribution >= 4 is 33.8 Å². The molecule has 1 aromatic carbocycles. The van der Waals surface area contributed by atoms with Gasteiger partial charge >= 0.3 is 0 Å². The molecule has 4 N–H and O–H groups in total. The van der Waals surface area contributed by atoms with Crippen molar-refractivity contribution in [2.24, 2.45) is 5.73 Å². The SMILES string of the molecule is CCC(O)c1cc(F)c(-c2cc(C(N)=O)c(Nc3cccc(C(=O)CF)n3)s2)c(F)c1. The highest BCUT2D eigenvalue weighted by atomic mass is 32.1. The van der Waals surface area contributed by atoms with Crippen molar-refractivity contribution < 1.29 is 27.9 Å². The number of amides is 1. The van der Waals surface area contributed by atoms with E-state index in [1.165, 1.54) is 24.3 Å². The van der Waals surface area contributed by atoms with Gasteiger partial charge in [0.25, 0.3) is 5.91 Å². The normalized spacial score (nSPS) is 11.9. The molecule has 0 bridgehead atoms. The summed E-state index contributed by atoms with van der Waals surface area (Å²) in [7, 11) is 0. The van der Waals surface area contributed by atoms with E-state index >= 15 is 0 Å². The minimum Gasteiger partial charge on any atom is -0.388 e. The van der Waals surface area contributed by atoms with E-state index < -0.39 is 36.1 Å². The second-order valence-corrected chi connectivity index (χ2v) is 7.64. The predicted molar refractivity (Wildman–Crippen MR) is 111 cm³/mol. The number of carbonyl (C=O) groups excluding carboxylic acids is 2. The maximum atomic E-state index is 14.7. The van der Waals surface area contributed by atoms with E-state index in [-0.39, 0.29) is 44.5 Å². The van der Waals surface area contributed by atoms with Gasteiger partial charge < -0.3 is 16.2 Å². The largest absolute Gasteiger partial charge is 0.388 e. The molecule has 0 saturated carbocycles. The number of aliphatic hydroxyl groups is 1. The molecule has 2 heterocycles. The Morgan fingerprint density at radius 3 is 2.48 bits per heavy atom. The van der Waals surface area contributed by atoms with Crippen LogP contribution >= 0.6 is 11.3 Å². The summed E-state index contributed by atoms with van der Waals surface area (Å²) in [5.74, 6) is -3.35. The molecule has 0 aliphatic rings. The van der Waals surface area contributed by atoms with Gasteiger partial charge in [0.05, 0.1) is 17.2 Å². The maximum Gasteiger partial charge on any atom is 0.251 e. The van der Waals surface area contributed by atoms with Gasteiger partial charge in [-0.3, -0.25) is 9.59 Å². The molecule has 6 nitrogen and oxygen atoms in total. The van der Waals surface area contributed by atoms with Crippen LogP contribution in [-0.4, -0.2) is 28.5 Å². The van der Waals surface area contributed by atoms with Crippen molar-refractivity contribution in [3.63, 3.8) is 0 Å². The number of nitrogens with one attached hydrogen (secondary N) is 1. The smallest absolute Gasteiger partial charge is 0.251 e. The first-order valence-electron chi connectivity index (χ1n) is 9.19. The van der Waals surface area contributed by atoms with Crippen molar-refractivity contribution in [2.45, 2.75) is 19.4 Å². The number of primary amides is 1. The lowest BCUT2D eigenvalue weighted by molar-refractivity contribution is 0.0952. The Bertz CT molecular complexity index is 1130. The zero-order valence-corrected chi connectivity index (χ0v) is 17.1. The van der Waals surface area contributed by atoms with Gasteiger partial charge in [0, 0.05) is 4.88 Å². The highest BCUT2D eigenvalue weighted by Gasteiger charge is 2.22. The number of Topliss-reactive ketones (excluding diaryl/α,β-unsaturated/α-hetero) is 1. The number of anilines is 2. The highest BCUT2D eigenvalue weighted by Crippen LogP contribution is 2.39. The first kappa shape index (κ1) is 22.4. The highest BCUT2D eigenvalue weighted by molar-refractivity contribution is 7.20. The molecule has 1 atom stereocenters. The molecule has 0 fully saturated rings. The molecule has 0 radical (unpaired) electrons. The molecular weight excluding hydrogens is 431 g/mol. The average Bonchev–Trinajstić information content (AvgIpc) is 3.15. The average molecular weight is 449 g/mol. The molecule has 1 unspecified atom stereocenters. The van der Waals surface area contributed by atoms with Crippen molar-refractivity contribution in [3.05, 3.63) is 64.9 Å². The lowest BCUT2D eigenvalue weighted by atomic mass is 10.0. The first-order valence-corrected chi connectivity index (χ1v) is 10.0. The van der Waals surface area contributed by atoms with E-state index in [4.69, 9.17) is 5.73 Å². The number of benzene rings is 1. The second-order valence-electron chi connectivity index (χ2n) is 6.59. The third-order valence-electron chi connectivity index (χ3n) is 4.48. The van der Waals surface area contributed by atoms with E-state index in [9.17, 15) is 27.9 Å². The number of thiophene rings is 1. The van der Waals surface area contributed by atoms with Crippen LogP contribution < -0.4 is 11.1 Å². The molecule has 0 aliphatic carbocycles. The zero-order valence-electron chi connectivity index (χ0n) is 16.3. The van der Waals surface area contributed by atoms with Crippen molar-refractivity contribution in [1.82, 2.24) is 4.98 Å². The number of hydrogen-bond acceptors (Lipinski definition) is 6. The van der Waals surface area contributed by atoms with Crippen LogP contribution in [0.3, 0.4) is 0 Å². The third kappa shape index (κ3) is 4.75. The quantitative estimate of drug-likeness (QED) is 0.439. The van der Waals surface area contributed by atoms with Crippen molar-refractivity contribution in [1.29, 1.82) is 0 Å². The molecule has 3 rings (SSSR count). The van der Waals surface area contributed by atoms with E-state index in [1.54, 1.807) is 6.92 Å². The third-order valence-corrected chi connectivity index (χ3v) is 5.55. The standard InChI is InChI=1S/C21H18F3N3O3S/c1-2-15(28)10-6-12(23)19(13(24)7-10)17-8-11(20(25)30)21(31-17)27-18-5-3-4-14(26-18)16(29)9-22/h3-8,15,28H,2,9H2,1H3,(H2,25,30)(H,26,27). The van der Waals surface area contributed by atoms with Gasteiger partial charge in [0.2, 0.25) is 5.78 Å². The summed E-state index contributed by atoms with van der Waals surface area (Å²) in [5.41, 5.74) is 4.97. The number of halogens is 3. The summed E-state index contributed by atoms with van der Waals surface area (Å²) >= 11 is 0.851. The minimum absolute atomic E-state index is 0.0412. The Hall–Kier alpha value is -3.24. The zero-order chi connectivity index (χ0) is 22.7. The lowest BCUT2D eigenvalue weighted by Crippen LogP contribution is -2.12. The van der Waals surface area contributed by atoms with Gasteiger partial charge in [-0.25, -0.2) is 18.2 Å². The Balaban J connectivity index is 2.02. The van der Waals surface area contributed by atoms with Crippen LogP contribution in [0.1, 0.15) is 45.9 Å². The van der Waals surface area contributed by atoms with Gasteiger partial charge in [-0.15, -0.1) is 11.3 Å². The van der Waals surface area contributed by atoms with Crippen molar-refractivity contribution in [2.75, 3.05) is 12.0 Å². The Morgan fingerprint density at radius 2 is 1.90 bits per heavy atom. The van der Waals surface area contributed by atoms with Gasteiger partial charge in [-0.2, -0.15) is 0 Å². The molecule has 2 aromatic heterocycles. The fourth-order valence-corrected chi connectivity index (χ4v) is 4.01. The number of aromatic nitrogens is 1. The predicted octanol–water partition coefficient (Wildman–Crippen LogP) is 4.53. The van der Waals surface area contributed by atoms with E-state index in [0.29, 0.717) is 0 Å². The van der Waals surface area contributed by atoms with E-state index in [0.717, 1.165) is 23.5 Å². The Morgan fingerprint density at radius 1 is 1.23 bits per heavy atom. The topological polar surface area (TPSA) is 105 Å². The molecular formula is C21H18F3N3O3S. The summed E-state index contributed by atoms with van der Waals surface area (Å²) in [6, 6.07) is 7.59. The van der Waals surface area contributed by atoms with Crippen LogP contribution in [0.4, 0.5) is 24.0 Å². The van der Waals surface area contributed by atoms with Crippen LogP contribution in [0.15, 0.2) is 36.4 Å². The number of rotatable bonds is 8. The fourth-order valence-electron chi connectivity index (χ4n) is 2.89. The number of ketones is 1. The van der Waals surface area contributed by atoms with E-state index in [1.807, 2.05) is 0 Å². The molecule has 0 saturated heterocycles. The summed E-state index contributed by atoms with van der Waals surface area (Å²) in [5, 5.41) is 12.8. The number of pyridine rings is 1. The van der Waals surface area contributed by atoms with Crippen molar-refractivity contribution in [3.8, 4) is 10.4 Å². The number of hydrogen-bond donors (Lipinski definition) is 3. The minimum atomic E-state index is -1.21. The molecule has 0 aliphatic heterocycles. The molecule has 0 spiro atoms. The number of alkyl halides is 1. The molecule has 3 aromatic rings. The van der Waals surface area contributed by atoms with Gasteiger partial charge in [-0.05, 0) is 42.3 Å². The van der Waals surface area contributed by atoms with Crippen LogP contribution in [0.25, 0.3) is 10.4 Å². The van der Waals surface area contributed by atoms with Crippen LogP contribution in [-0.2, 0) is 0 Å². The van der Waals surface area contributed by atoms with Crippen LogP contribution in [0, 0.1) is 11.6 Å². The molecule has 162 valence electrons. The number of nitrogens with zero attached hydrogens (tertiary/aromatic N) is 1. The van der Waals surface area contributed by atoms with Gasteiger partial charge in [-0.1, -0.05) is 13.0 Å². The van der Waals surface area contributed by atoms with Gasteiger partial charge in [0.15, 0.2) is 6.67 Å². The first-order chi connectivity index (χ1) is 14.7. The molecule has 10 heteroatoms. The second kappa shape index (κ2) is 9.27. The number of nitrogens with two attached hydrogens (primary N) is 1. The van der Waals surface area contributed by atoms with Gasteiger partial charge in [0.1, 0.15) is 28.1 Å². The molecule has 1 amide bonds. The summed E-state index contributed by atoms with van der Waals surface area (Å²) < 4.78 is 42.0.